The van der Waals surface area contributed by atoms with Gasteiger partial charge in [-0.3, -0.25) is 0 Å². The Morgan fingerprint density at radius 1 is 0.182 bits per heavy atom. The summed E-state index contributed by atoms with van der Waals surface area (Å²) in [6.45, 7) is 0. The molecule has 0 aliphatic heterocycles. The topological polar surface area (TPSA) is 315 Å². The molecule has 0 atom stereocenters. The molecule has 11 heavy (non-hydrogen) atoms. The summed E-state index contributed by atoms with van der Waals surface area (Å²) in [6, 6.07) is 0. The van der Waals surface area contributed by atoms with Crippen LogP contribution in [0.15, 0.2) is 0 Å². The molecule has 20 N–H and O–H groups in total. The molecule has 0 spiro atoms. The molecule has 0 unspecified atom stereocenters. The SMILES string of the molecule is O.O.O.O.O.O.O.O.O.O.[B-]. The molecule has 11 heteroatoms. The molecule has 0 amide bonds. The van der Waals surface area contributed by atoms with Crippen LogP contribution in [0, 0.1) is 0 Å². The van der Waals surface area contributed by atoms with E-state index in [4.69, 9.17) is 0 Å². The van der Waals surface area contributed by atoms with Crippen LogP contribution in [0.5, 0.6) is 0 Å². The third kappa shape index (κ3) is 5060. The predicted octanol–water partition coefficient (Wildman–Crippen LogP) is -8.63. The van der Waals surface area contributed by atoms with Crippen LogP contribution in [0.4, 0.5) is 0 Å². The minimum Gasteiger partial charge on any atom is -1.00 e. The van der Waals surface area contributed by atoms with Crippen molar-refractivity contribution < 1.29 is 54.8 Å². The van der Waals surface area contributed by atoms with Crippen LogP contribution in [-0.4, -0.2) is 63.2 Å². The Balaban J connectivity index is 0. The molecule has 0 saturated carbocycles. The smallest absolute Gasteiger partial charge is 0.412 e. The van der Waals surface area contributed by atoms with Gasteiger partial charge in [0, 0.05) is 0 Å². The molecule has 10 nitrogen and oxygen atoms in total. The summed E-state index contributed by atoms with van der Waals surface area (Å²) < 4.78 is 0. The lowest BCUT2D eigenvalue weighted by Crippen LogP contribution is -0.381. The fourth-order valence-corrected chi connectivity index (χ4v) is 0. The van der Waals surface area contributed by atoms with Gasteiger partial charge in [-0.05, 0) is 0 Å². The van der Waals surface area contributed by atoms with Gasteiger partial charge in [-0.1, -0.05) is 0 Å². The van der Waals surface area contributed by atoms with Gasteiger partial charge in [0.25, 0.3) is 0 Å². The van der Waals surface area contributed by atoms with Gasteiger partial charge >= 0.3 is 0 Å². The standard InChI is InChI=1S/B.10H2O/h;10*1H2/q-1;;;;;;;;;;. The maximum atomic E-state index is 0. The van der Waals surface area contributed by atoms with E-state index >= 15 is 0 Å². The van der Waals surface area contributed by atoms with Crippen LogP contribution >= 0.6 is 0 Å². The zero-order valence-electron chi connectivity index (χ0n) is 5.58. The quantitative estimate of drug-likeness (QED) is 0.321. The third-order valence-electron chi connectivity index (χ3n) is 0. The van der Waals surface area contributed by atoms with E-state index in [-0.39, 0.29) is 63.2 Å². The summed E-state index contributed by atoms with van der Waals surface area (Å²) in [5.41, 5.74) is 0. The maximum Gasteiger partial charge on any atom is -0.412 e. The van der Waals surface area contributed by atoms with Crippen molar-refractivity contribution in [1.29, 1.82) is 0 Å². The Morgan fingerprint density at radius 2 is 0.182 bits per heavy atom. The number of hydrogen-bond acceptors (Lipinski definition) is 0. The largest absolute Gasteiger partial charge is 1.00 e. The number of hydrogen-bond donors (Lipinski definition) is 0. The van der Waals surface area contributed by atoms with Crippen molar-refractivity contribution in [3.8, 4) is 0 Å². The lowest BCUT2D eigenvalue weighted by molar-refractivity contribution is 0.823. The molecule has 0 aromatic carbocycles. The Hall–Kier alpha value is -0.335. The van der Waals surface area contributed by atoms with Crippen molar-refractivity contribution >= 4 is 8.41 Å². The van der Waals surface area contributed by atoms with E-state index in [0.717, 1.165) is 0 Å². The molecule has 0 aromatic heterocycles. The van der Waals surface area contributed by atoms with Crippen LogP contribution in [0.1, 0.15) is 0 Å². The van der Waals surface area contributed by atoms with E-state index in [1.807, 2.05) is 0 Å². The Bertz CT molecular complexity index is 4.83. The van der Waals surface area contributed by atoms with Crippen molar-refractivity contribution in [1.82, 2.24) is 0 Å². The first-order valence-corrected chi connectivity index (χ1v) is 0. The first-order valence-electron chi connectivity index (χ1n) is 0. The second-order valence-corrected chi connectivity index (χ2v) is 0. The van der Waals surface area contributed by atoms with Gasteiger partial charge < -0.3 is 63.2 Å². The minimum absolute atomic E-state index is 0. The fraction of sp³-hybridized carbons (Fsp3) is 0. The van der Waals surface area contributed by atoms with Crippen molar-refractivity contribution in [2.45, 2.75) is 0 Å². The number of rotatable bonds is 0. The highest BCUT2D eigenvalue weighted by Gasteiger charge is -0.402. The molecule has 0 heterocycles. The average Bonchev–Trinajstić information content (AvgIpc) is 0. The van der Waals surface area contributed by atoms with Crippen molar-refractivity contribution in [2.75, 3.05) is 0 Å². The van der Waals surface area contributed by atoms with Gasteiger partial charge in [0.2, 0.25) is 0 Å². The van der Waals surface area contributed by atoms with E-state index in [1.54, 1.807) is 0 Å². The fourth-order valence-electron chi connectivity index (χ4n) is 0. The minimum atomic E-state index is 0. The van der Waals surface area contributed by atoms with E-state index in [1.165, 1.54) is 0 Å². The highest BCUT2D eigenvalue weighted by Crippen LogP contribution is -0.280. The monoisotopic (exact) mass is 191 g/mol. The van der Waals surface area contributed by atoms with Gasteiger partial charge in [-0.15, -0.1) is 0 Å². The summed E-state index contributed by atoms with van der Waals surface area (Å²) >= 11 is 0. The maximum absolute atomic E-state index is 0. The molecule has 0 aliphatic carbocycles. The van der Waals surface area contributed by atoms with Gasteiger partial charge in [-0.2, -0.15) is 0 Å². The summed E-state index contributed by atoms with van der Waals surface area (Å²) in [5, 5.41) is 0. The van der Waals surface area contributed by atoms with Gasteiger partial charge in [0.15, 0.2) is 0 Å². The normalized spacial score (nSPS) is 0. The van der Waals surface area contributed by atoms with Gasteiger partial charge in [0.1, 0.15) is 0 Å². The van der Waals surface area contributed by atoms with Gasteiger partial charge in [0.05, 0.1) is 0 Å². The highest BCUT2D eigenvalue weighted by molar-refractivity contribution is 5.75. The van der Waals surface area contributed by atoms with E-state index < -0.39 is 0 Å². The van der Waals surface area contributed by atoms with Crippen LogP contribution in [0.2, 0.25) is 0 Å². The predicted molar refractivity (Wildman–Crippen MR) is 41.9 cm³/mol. The van der Waals surface area contributed by atoms with E-state index in [0.29, 0.717) is 0 Å². The molecule has 0 bridgehead atoms. The summed E-state index contributed by atoms with van der Waals surface area (Å²) in [5.74, 6) is 0. The molecule has 4 radical (unpaired) electrons. The van der Waals surface area contributed by atoms with Crippen LogP contribution in [0.25, 0.3) is 0 Å². The molecule has 0 saturated heterocycles. The molecule has 0 aromatic rings. The van der Waals surface area contributed by atoms with E-state index in [2.05, 4.69) is 0 Å². The van der Waals surface area contributed by atoms with E-state index in [9.17, 15) is 0 Å². The zero-order chi connectivity index (χ0) is 0. The Morgan fingerprint density at radius 3 is 0.182 bits per heavy atom. The average molecular weight is 191 g/mol. The second kappa shape index (κ2) is 6460. The molecule has 84 valence electrons. The van der Waals surface area contributed by atoms with Crippen LogP contribution in [-0.2, 0) is 0 Å². The van der Waals surface area contributed by atoms with Crippen molar-refractivity contribution in [3.05, 3.63) is 0 Å². The Kier molecular flexibility index (Phi) is 5210000. The first-order chi connectivity index (χ1) is 0. The third-order valence-corrected chi connectivity index (χ3v) is 0. The Labute approximate surface area is 64.5 Å². The summed E-state index contributed by atoms with van der Waals surface area (Å²) in [6.07, 6.45) is 0. The molecule has 0 fully saturated rings. The zero-order valence-corrected chi connectivity index (χ0v) is 5.58. The molecule has 0 rings (SSSR count). The molecular weight excluding hydrogens is 171 g/mol. The summed E-state index contributed by atoms with van der Waals surface area (Å²) in [7, 11) is 0. The first kappa shape index (κ1) is 8870. The lowest BCUT2D eigenvalue weighted by Gasteiger charge is -1.00. The molecular formula is H20BO10-. The lowest BCUT2D eigenvalue weighted by atomic mass is 10.8. The van der Waals surface area contributed by atoms with Crippen molar-refractivity contribution in [3.63, 3.8) is 0 Å². The highest BCUT2D eigenvalue weighted by atomic mass is 16.0. The van der Waals surface area contributed by atoms with Gasteiger partial charge in [-0.25, -0.2) is 0 Å². The van der Waals surface area contributed by atoms with Crippen LogP contribution < -0.4 is 0 Å². The van der Waals surface area contributed by atoms with Crippen LogP contribution in [0.3, 0.4) is 0 Å². The summed E-state index contributed by atoms with van der Waals surface area (Å²) in [4.78, 5) is 0. The second-order valence-electron chi connectivity index (χ2n) is 0. The van der Waals surface area contributed by atoms with Crippen molar-refractivity contribution in [2.24, 2.45) is 0 Å². The molecule has 0 aliphatic rings.